The molecule has 2 rings (SSSR count). The van der Waals surface area contributed by atoms with Crippen LogP contribution in [0.5, 0.6) is 0 Å². The van der Waals surface area contributed by atoms with Crippen LogP contribution in [0, 0.1) is 0 Å². The van der Waals surface area contributed by atoms with Gasteiger partial charge in [-0.15, -0.1) is 0 Å². The molecule has 2 aromatic rings. The number of anilines is 1. The maximum absolute atomic E-state index is 11.9. The van der Waals surface area contributed by atoms with E-state index in [1.54, 1.807) is 24.7 Å². The third-order valence-corrected chi connectivity index (χ3v) is 3.16. The summed E-state index contributed by atoms with van der Waals surface area (Å²) in [6.07, 6.45) is 7.49. The molecule has 0 saturated heterocycles. The van der Waals surface area contributed by atoms with Gasteiger partial charge >= 0.3 is 6.03 Å². The molecule has 0 aliphatic rings. The lowest BCUT2D eigenvalue weighted by molar-refractivity contribution is 0.247. The number of carbonyl (C=O) groups is 1. The Balaban J connectivity index is 0.000000597. The molecule has 3 N–H and O–H groups in total. The monoisotopic (exact) mass is 381 g/mol. The standard InChI is InChI=1S/C15H19N5O.CH4O3S/c1-3-12(4-2)18-15(21)20-13-7-10-17-14(19-13)11-5-8-16-9-6-11;1-5(2,3)4/h5-10,12H,3-4H2,1-2H3,(H2,17,18,19,20,21);1H3,(H,2,3,4). The van der Waals surface area contributed by atoms with E-state index in [9.17, 15) is 13.2 Å². The normalized spacial score (nSPS) is 10.7. The van der Waals surface area contributed by atoms with Crippen molar-refractivity contribution in [2.24, 2.45) is 0 Å². The van der Waals surface area contributed by atoms with E-state index < -0.39 is 10.1 Å². The predicted octanol–water partition coefficient (Wildman–Crippen LogP) is 2.35. The fraction of sp³-hybridized carbons (Fsp3) is 0.375. The van der Waals surface area contributed by atoms with Gasteiger partial charge < -0.3 is 5.32 Å². The summed E-state index contributed by atoms with van der Waals surface area (Å²) in [7, 11) is -3.67. The molecule has 10 heteroatoms. The Morgan fingerprint density at radius 1 is 1.15 bits per heavy atom. The number of nitrogens with one attached hydrogen (secondary N) is 2. The SMILES string of the molecule is CCC(CC)NC(=O)Nc1ccnc(-c2ccncc2)n1.CS(=O)(=O)O. The van der Waals surface area contributed by atoms with Crippen LogP contribution < -0.4 is 10.6 Å². The fourth-order valence-electron chi connectivity index (χ4n) is 1.90. The minimum atomic E-state index is -3.67. The highest BCUT2D eigenvalue weighted by Gasteiger charge is 2.09. The zero-order valence-electron chi connectivity index (χ0n) is 14.9. The molecule has 0 radical (unpaired) electrons. The summed E-state index contributed by atoms with van der Waals surface area (Å²) in [5.41, 5.74) is 0.856. The number of pyridine rings is 1. The summed E-state index contributed by atoms with van der Waals surface area (Å²) in [5, 5.41) is 5.64. The molecule has 0 fully saturated rings. The Morgan fingerprint density at radius 2 is 1.73 bits per heavy atom. The van der Waals surface area contributed by atoms with E-state index in [4.69, 9.17) is 4.55 Å². The van der Waals surface area contributed by atoms with Gasteiger partial charge in [0.05, 0.1) is 6.26 Å². The average Bonchev–Trinajstić information content (AvgIpc) is 2.59. The van der Waals surface area contributed by atoms with Crippen molar-refractivity contribution in [2.45, 2.75) is 32.7 Å². The van der Waals surface area contributed by atoms with Gasteiger partial charge in [-0.05, 0) is 31.0 Å². The van der Waals surface area contributed by atoms with E-state index in [1.165, 1.54) is 0 Å². The molecule has 2 amide bonds. The quantitative estimate of drug-likeness (QED) is 0.677. The largest absolute Gasteiger partial charge is 0.335 e. The summed E-state index contributed by atoms with van der Waals surface area (Å²) < 4.78 is 25.9. The minimum Gasteiger partial charge on any atom is -0.335 e. The molecule has 0 atom stereocenters. The van der Waals surface area contributed by atoms with Gasteiger partial charge in [-0.1, -0.05) is 13.8 Å². The third kappa shape index (κ3) is 9.04. The van der Waals surface area contributed by atoms with Crippen LogP contribution >= 0.6 is 0 Å². The second kappa shape index (κ2) is 10.4. The Hall–Kier alpha value is -2.59. The second-order valence-electron chi connectivity index (χ2n) is 5.35. The van der Waals surface area contributed by atoms with E-state index in [2.05, 4.69) is 25.6 Å². The van der Waals surface area contributed by atoms with Crippen LogP contribution in [0.25, 0.3) is 11.4 Å². The number of amides is 2. The Morgan fingerprint density at radius 3 is 2.27 bits per heavy atom. The summed E-state index contributed by atoms with van der Waals surface area (Å²) >= 11 is 0. The molecule has 26 heavy (non-hydrogen) atoms. The number of hydrogen-bond acceptors (Lipinski definition) is 6. The molecular formula is C16H23N5O4S. The van der Waals surface area contributed by atoms with Crippen molar-refractivity contribution in [1.82, 2.24) is 20.3 Å². The van der Waals surface area contributed by atoms with Gasteiger partial charge in [0.1, 0.15) is 5.82 Å². The molecule has 9 nitrogen and oxygen atoms in total. The molecule has 2 heterocycles. The number of hydrogen-bond donors (Lipinski definition) is 3. The number of rotatable bonds is 5. The topological polar surface area (TPSA) is 134 Å². The summed E-state index contributed by atoms with van der Waals surface area (Å²) in [4.78, 5) is 24.4. The fourth-order valence-corrected chi connectivity index (χ4v) is 1.90. The van der Waals surface area contributed by atoms with Gasteiger partial charge in [0.2, 0.25) is 0 Å². The lowest BCUT2D eigenvalue weighted by Crippen LogP contribution is -2.37. The van der Waals surface area contributed by atoms with Crippen LogP contribution in [0.1, 0.15) is 26.7 Å². The molecule has 2 aromatic heterocycles. The lowest BCUT2D eigenvalue weighted by atomic mass is 10.2. The first-order chi connectivity index (χ1) is 12.2. The van der Waals surface area contributed by atoms with Gasteiger partial charge in [0, 0.05) is 30.2 Å². The smallest absolute Gasteiger partial charge is 0.320 e. The summed E-state index contributed by atoms with van der Waals surface area (Å²) in [5.74, 6) is 1.03. The van der Waals surface area contributed by atoms with Crippen LogP contribution in [-0.4, -0.2) is 46.3 Å². The van der Waals surface area contributed by atoms with Crippen molar-refractivity contribution in [2.75, 3.05) is 11.6 Å². The first-order valence-corrected chi connectivity index (χ1v) is 9.81. The maximum Gasteiger partial charge on any atom is 0.320 e. The van der Waals surface area contributed by atoms with Gasteiger partial charge in [0.25, 0.3) is 10.1 Å². The first-order valence-electron chi connectivity index (χ1n) is 7.96. The van der Waals surface area contributed by atoms with Crippen LogP contribution in [0.15, 0.2) is 36.8 Å². The van der Waals surface area contributed by atoms with Crippen molar-refractivity contribution in [3.63, 3.8) is 0 Å². The highest BCUT2D eigenvalue weighted by molar-refractivity contribution is 7.85. The van der Waals surface area contributed by atoms with Crippen LogP contribution in [-0.2, 0) is 10.1 Å². The Kier molecular flexibility index (Phi) is 8.59. The highest BCUT2D eigenvalue weighted by Crippen LogP contribution is 2.14. The molecule has 0 bridgehead atoms. The molecule has 0 aliphatic heterocycles. The zero-order chi connectivity index (χ0) is 19.6. The van der Waals surface area contributed by atoms with Crippen LogP contribution in [0.4, 0.5) is 10.6 Å². The molecule has 0 spiro atoms. The Bertz CT molecular complexity index is 787. The van der Waals surface area contributed by atoms with E-state index in [0.29, 0.717) is 17.9 Å². The van der Waals surface area contributed by atoms with Crippen molar-refractivity contribution in [3.05, 3.63) is 36.8 Å². The number of nitrogens with zero attached hydrogens (tertiary/aromatic N) is 3. The Labute approximate surface area is 153 Å². The van der Waals surface area contributed by atoms with Crippen molar-refractivity contribution in [3.8, 4) is 11.4 Å². The molecule has 0 unspecified atom stereocenters. The minimum absolute atomic E-state index is 0.173. The zero-order valence-corrected chi connectivity index (χ0v) is 15.7. The summed E-state index contributed by atoms with van der Waals surface area (Å²) in [6, 6.07) is 5.23. The molecule has 142 valence electrons. The number of aromatic nitrogens is 3. The molecule has 0 aliphatic carbocycles. The van der Waals surface area contributed by atoms with Crippen molar-refractivity contribution in [1.29, 1.82) is 0 Å². The predicted molar refractivity (Wildman–Crippen MR) is 99.3 cm³/mol. The first kappa shape index (κ1) is 21.5. The number of carbonyl (C=O) groups excluding carboxylic acids is 1. The average molecular weight is 381 g/mol. The van der Waals surface area contributed by atoms with Gasteiger partial charge in [0.15, 0.2) is 5.82 Å². The van der Waals surface area contributed by atoms with E-state index in [0.717, 1.165) is 18.4 Å². The van der Waals surface area contributed by atoms with E-state index in [1.807, 2.05) is 26.0 Å². The maximum atomic E-state index is 11.9. The molecule has 0 saturated carbocycles. The van der Waals surface area contributed by atoms with Crippen molar-refractivity contribution < 1.29 is 17.8 Å². The van der Waals surface area contributed by atoms with Crippen LogP contribution in [0.3, 0.4) is 0 Å². The van der Waals surface area contributed by atoms with E-state index in [-0.39, 0.29) is 12.1 Å². The van der Waals surface area contributed by atoms with Crippen molar-refractivity contribution >= 4 is 22.0 Å². The van der Waals surface area contributed by atoms with Gasteiger partial charge in [-0.2, -0.15) is 8.42 Å². The van der Waals surface area contributed by atoms with Gasteiger partial charge in [-0.25, -0.2) is 14.8 Å². The lowest BCUT2D eigenvalue weighted by Gasteiger charge is -2.15. The van der Waals surface area contributed by atoms with E-state index >= 15 is 0 Å². The third-order valence-electron chi connectivity index (χ3n) is 3.16. The number of urea groups is 1. The highest BCUT2D eigenvalue weighted by atomic mass is 32.2. The summed E-state index contributed by atoms with van der Waals surface area (Å²) in [6.45, 7) is 4.08. The molecular weight excluding hydrogens is 358 g/mol. The molecule has 0 aromatic carbocycles. The second-order valence-corrected chi connectivity index (χ2v) is 6.81. The van der Waals surface area contributed by atoms with Gasteiger partial charge in [-0.3, -0.25) is 14.9 Å². The van der Waals surface area contributed by atoms with Crippen LogP contribution in [0.2, 0.25) is 0 Å².